The molecule has 1 unspecified atom stereocenters. The summed E-state index contributed by atoms with van der Waals surface area (Å²) < 4.78 is 9.58. The predicted octanol–water partition coefficient (Wildman–Crippen LogP) is 3.32. The highest BCUT2D eigenvalue weighted by atomic mass is 16.5. The zero-order valence-electron chi connectivity index (χ0n) is 15.9. The van der Waals surface area contributed by atoms with Crippen molar-refractivity contribution in [3.63, 3.8) is 0 Å². The van der Waals surface area contributed by atoms with Crippen LogP contribution in [0.25, 0.3) is 11.1 Å². The van der Waals surface area contributed by atoms with Crippen LogP contribution in [0.3, 0.4) is 0 Å². The third-order valence-electron chi connectivity index (χ3n) is 4.91. The van der Waals surface area contributed by atoms with Crippen LogP contribution in [0.15, 0.2) is 24.5 Å². The molecule has 1 fully saturated rings. The second-order valence-electron chi connectivity index (χ2n) is 7.03. The summed E-state index contributed by atoms with van der Waals surface area (Å²) in [6.45, 7) is 4.85. The molecule has 0 spiro atoms. The molecule has 0 radical (unpaired) electrons. The zero-order valence-corrected chi connectivity index (χ0v) is 15.9. The number of anilines is 3. The highest BCUT2D eigenvalue weighted by Crippen LogP contribution is 2.31. The van der Waals surface area contributed by atoms with Crippen molar-refractivity contribution in [2.45, 2.75) is 39.3 Å². The third-order valence-corrected chi connectivity index (χ3v) is 4.91. The second kappa shape index (κ2) is 7.03. The van der Waals surface area contributed by atoms with Gasteiger partial charge in [-0.15, -0.1) is 0 Å². The van der Waals surface area contributed by atoms with Crippen LogP contribution in [0.5, 0.6) is 0 Å². The summed E-state index contributed by atoms with van der Waals surface area (Å²) in [5, 5.41) is 12.3. The summed E-state index contributed by atoms with van der Waals surface area (Å²) in [6, 6.07) is 3.88. The van der Waals surface area contributed by atoms with Crippen LogP contribution >= 0.6 is 0 Å². The Hall–Kier alpha value is -2.87. The van der Waals surface area contributed by atoms with Crippen molar-refractivity contribution in [3.8, 4) is 11.1 Å². The van der Waals surface area contributed by atoms with Gasteiger partial charge in [0.05, 0.1) is 6.20 Å². The number of nitrogens with two attached hydrogens (primary N) is 1. The lowest BCUT2D eigenvalue weighted by atomic mass is 10.0. The van der Waals surface area contributed by atoms with Crippen molar-refractivity contribution < 1.29 is 4.74 Å². The third kappa shape index (κ3) is 3.52. The largest absolute Gasteiger partial charge is 0.384 e. The Balaban J connectivity index is 1.64. The highest BCUT2D eigenvalue weighted by molar-refractivity contribution is 5.75. The van der Waals surface area contributed by atoms with Crippen LogP contribution < -0.4 is 11.1 Å². The average Bonchev–Trinajstić information content (AvgIpc) is 3.24. The van der Waals surface area contributed by atoms with Gasteiger partial charge in [0.15, 0.2) is 12.0 Å². The lowest BCUT2D eigenvalue weighted by Crippen LogP contribution is -2.20. The number of aromatic nitrogens is 5. The van der Waals surface area contributed by atoms with Crippen LogP contribution in [0.1, 0.15) is 36.7 Å². The monoisotopic (exact) mass is 367 g/mol. The first-order valence-corrected chi connectivity index (χ1v) is 9.22. The molecule has 1 aliphatic rings. The quantitative estimate of drug-likeness (QED) is 0.734. The van der Waals surface area contributed by atoms with Crippen molar-refractivity contribution in [2.75, 3.05) is 17.7 Å². The Morgan fingerprint density at radius 2 is 2.11 bits per heavy atom. The molecule has 0 aromatic carbocycles. The summed E-state index contributed by atoms with van der Waals surface area (Å²) in [5.41, 5.74) is 10.1. The molecule has 1 atom stereocenters. The molecule has 1 saturated heterocycles. The van der Waals surface area contributed by atoms with Crippen LogP contribution in [0.2, 0.25) is 0 Å². The fourth-order valence-electron chi connectivity index (χ4n) is 3.49. The van der Waals surface area contributed by atoms with Gasteiger partial charge < -0.3 is 15.8 Å². The number of hydrogen-bond acceptors (Lipinski definition) is 6. The van der Waals surface area contributed by atoms with Crippen molar-refractivity contribution in [1.29, 1.82) is 0 Å². The number of hydrogen-bond donors (Lipinski definition) is 2. The van der Waals surface area contributed by atoms with Crippen molar-refractivity contribution in [2.24, 2.45) is 7.05 Å². The second-order valence-corrected chi connectivity index (χ2v) is 7.03. The van der Waals surface area contributed by atoms with Gasteiger partial charge in [-0.1, -0.05) is 0 Å². The normalized spacial score (nSPS) is 17.2. The maximum atomic E-state index is 6.05. The van der Waals surface area contributed by atoms with E-state index in [1.807, 2.05) is 50.1 Å². The van der Waals surface area contributed by atoms with Gasteiger partial charge in [-0.05, 0) is 50.3 Å². The number of nitrogen functional groups attached to an aromatic ring is 1. The Morgan fingerprint density at radius 1 is 1.26 bits per heavy atom. The number of pyridine rings is 1. The first-order chi connectivity index (χ1) is 13.0. The smallest absolute Gasteiger partial charge is 0.153 e. The lowest BCUT2D eigenvalue weighted by Gasteiger charge is -2.23. The van der Waals surface area contributed by atoms with Gasteiger partial charge in [0.2, 0.25) is 0 Å². The SMILES string of the molecule is Cc1c(-c2cnn(C)c2)cc(N)nc1Nc1cc(C)n(C2CCCCO2)n1. The topological polar surface area (TPSA) is 95.8 Å². The van der Waals surface area contributed by atoms with Crippen molar-refractivity contribution in [1.82, 2.24) is 24.5 Å². The van der Waals surface area contributed by atoms with Gasteiger partial charge in [0.25, 0.3) is 0 Å². The molecule has 4 rings (SSSR count). The van der Waals surface area contributed by atoms with E-state index in [4.69, 9.17) is 10.5 Å². The molecule has 8 heteroatoms. The van der Waals surface area contributed by atoms with Gasteiger partial charge in [0, 0.05) is 37.2 Å². The van der Waals surface area contributed by atoms with Gasteiger partial charge in [-0.25, -0.2) is 9.67 Å². The summed E-state index contributed by atoms with van der Waals surface area (Å²) >= 11 is 0. The predicted molar refractivity (Wildman–Crippen MR) is 105 cm³/mol. The average molecular weight is 367 g/mol. The molecular weight excluding hydrogens is 342 g/mol. The Labute approximate surface area is 158 Å². The van der Waals surface area contributed by atoms with Crippen molar-refractivity contribution >= 4 is 17.5 Å². The highest BCUT2D eigenvalue weighted by Gasteiger charge is 2.20. The molecule has 142 valence electrons. The van der Waals surface area contributed by atoms with Gasteiger partial charge in [-0.2, -0.15) is 10.2 Å². The zero-order chi connectivity index (χ0) is 19.0. The van der Waals surface area contributed by atoms with Crippen LogP contribution in [-0.2, 0) is 11.8 Å². The maximum absolute atomic E-state index is 6.05. The van der Waals surface area contributed by atoms with Crippen LogP contribution in [0.4, 0.5) is 17.5 Å². The van der Waals surface area contributed by atoms with Crippen LogP contribution in [-0.4, -0.2) is 31.2 Å². The first kappa shape index (κ1) is 17.5. The number of rotatable bonds is 4. The Kier molecular flexibility index (Phi) is 4.57. The minimum atomic E-state index is 0.00940. The molecule has 3 aromatic rings. The van der Waals surface area contributed by atoms with Gasteiger partial charge in [-0.3, -0.25) is 4.68 Å². The fraction of sp³-hybridized carbons (Fsp3) is 0.421. The van der Waals surface area contributed by atoms with Gasteiger partial charge in [0.1, 0.15) is 11.6 Å². The molecule has 1 aliphatic heterocycles. The molecule has 0 saturated carbocycles. The molecule has 4 heterocycles. The van der Waals surface area contributed by atoms with Gasteiger partial charge >= 0.3 is 0 Å². The van der Waals surface area contributed by atoms with E-state index in [1.165, 1.54) is 0 Å². The molecule has 0 amide bonds. The Bertz CT molecular complexity index is 953. The van der Waals surface area contributed by atoms with E-state index in [1.54, 1.807) is 4.68 Å². The van der Waals surface area contributed by atoms with E-state index >= 15 is 0 Å². The summed E-state index contributed by atoms with van der Waals surface area (Å²) in [4.78, 5) is 4.47. The summed E-state index contributed by atoms with van der Waals surface area (Å²) in [5.74, 6) is 1.89. The number of nitrogens with zero attached hydrogens (tertiary/aromatic N) is 5. The van der Waals surface area contributed by atoms with E-state index in [0.29, 0.717) is 11.6 Å². The van der Waals surface area contributed by atoms with E-state index in [0.717, 1.165) is 54.1 Å². The molecular formula is C19H25N7O. The molecule has 27 heavy (non-hydrogen) atoms. The summed E-state index contributed by atoms with van der Waals surface area (Å²) in [7, 11) is 1.89. The number of nitrogens with one attached hydrogen (secondary N) is 1. The summed E-state index contributed by atoms with van der Waals surface area (Å²) in [6.07, 6.45) is 7.07. The molecule has 8 nitrogen and oxygen atoms in total. The Morgan fingerprint density at radius 3 is 2.81 bits per heavy atom. The van der Waals surface area contributed by atoms with E-state index in [2.05, 4.69) is 20.5 Å². The van der Waals surface area contributed by atoms with Crippen molar-refractivity contribution in [3.05, 3.63) is 35.8 Å². The number of aryl methyl sites for hydroxylation is 2. The number of ether oxygens (including phenoxy) is 1. The lowest BCUT2D eigenvalue weighted by molar-refractivity contribution is -0.0404. The minimum absolute atomic E-state index is 0.00940. The minimum Gasteiger partial charge on any atom is -0.384 e. The molecule has 3 aromatic heterocycles. The fourth-order valence-corrected chi connectivity index (χ4v) is 3.49. The van der Waals surface area contributed by atoms with E-state index in [-0.39, 0.29) is 6.23 Å². The molecule has 0 aliphatic carbocycles. The van der Waals surface area contributed by atoms with Crippen LogP contribution in [0, 0.1) is 13.8 Å². The van der Waals surface area contributed by atoms with E-state index < -0.39 is 0 Å². The molecule has 3 N–H and O–H groups in total. The van der Waals surface area contributed by atoms with E-state index in [9.17, 15) is 0 Å². The maximum Gasteiger partial charge on any atom is 0.153 e. The molecule has 0 bridgehead atoms. The first-order valence-electron chi connectivity index (χ1n) is 9.22. The standard InChI is InChI=1S/C19H25N7O/c1-12-8-17(24-26(12)18-6-4-5-7-27-18)23-19-13(2)15(9-16(20)22-19)14-10-21-25(3)11-14/h8-11,18H,4-7H2,1-3H3,(H3,20,22,23,24).